The summed E-state index contributed by atoms with van der Waals surface area (Å²) < 4.78 is 93.9. The van der Waals surface area contributed by atoms with E-state index < -0.39 is 36.3 Å². The van der Waals surface area contributed by atoms with Crippen LogP contribution in [0.2, 0.25) is 0 Å². The number of hydrogen-bond acceptors (Lipinski definition) is 3. The third kappa shape index (κ3) is 6.38. The van der Waals surface area contributed by atoms with Crippen molar-refractivity contribution in [1.82, 2.24) is 5.32 Å². The van der Waals surface area contributed by atoms with E-state index in [1.54, 1.807) is 42.5 Å². The Bertz CT molecular complexity index is 1300. The third-order valence-corrected chi connectivity index (χ3v) is 6.29. The number of hydrogen-bond donors (Lipinski definition) is 1. The molecule has 2 atom stereocenters. The molecule has 3 aromatic rings. The summed E-state index contributed by atoms with van der Waals surface area (Å²) in [5.41, 5.74) is -2.02. The van der Waals surface area contributed by atoms with Gasteiger partial charge in [0.25, 0.3) is 0 Å². The number of alkyl halides is 6. The van der Waals surface area contributed by atoms with E-state index in [2.05, 4.69) is 5.32 Å². The van der Waals surface area contributed by atoms with Crippen LogP contribution in [0, 0.1) is 6.92 Å². The van der Waals surface area contributed by atoms with E-state index in [1.807, 2.05) is 6.92 Å². The van der Waals surface area contributed by atoms with Gasteiger partial charge in [-0.2, -0.15) is 26.3 Å². The Labute approximate surface area is 221 Å². The van der Waals surface area contributed by atoms with E-state index in [1.165, 1.54) is 24.3 Å². The Kier molecular flexibility index (Phi) is 7.94. The Morgan fingerprint density at radius 1 is 0.846 bits per heavy atom. The van der Waals surface area contributed by atoms with Gasteiger partial charge >= 0.3 is 12.4 Å². The van der Waals surface area contributed by atoms with Gasteiger partial charge in [-0.15, -0.1) is 0 Å². The molecule has 0 aliphatic carbocycles. The van der Waals surface area contributed by atoms with Crippen molar-refractivity contribution in [2.24, 2.45) is 0 Å². The second kappa shape index (κ2) is 11.0. The smallest absolute Gasteiger partial charge is 0.419 e. The molecule has 3 aromatic carbocycles. The van der Waals surface area contributed by atoms with Crippen LogP contribution in [0.5, 0.6) is 11.5 Å². The van der Waals surface area contributed by atoms with Crippen molar-refractivity contribution in [3.8, 4) is 11.5 Å². The van der Waals surface area contributed by atoms with Crippen LogP contribution in [0.1, 0.15) is 29.5 Å². The van der Waals surface area contributed by atoms with E-state index in [-0.39, 0.29) is 35.7 Å². The fraction of sp³-hybridized carbons (Fsp3) is 0.276. The van der Waals surface area contributed by atoms with Gasteiger partial charge in [0.15, 0.2) is 6.10 Å². The van der Waals surface area contributed by atoms with Gasteiger partial charge in [0, 0.05) is 18.1 Å². The summed E-state index contributed by atoms with van der Waals surface area (Å²) in [6.07, 6.45) is -11.3. The number of amides is 1. The second-order valence-corrected chi connectivity index (χ2v) is 9.16. The number of carbonyl (C=O) groups is 1. The largest absolute Gasteiger partial charge is 0.494 e. The lowest BCUT2D eigenvalue weighted by atomic mass is 9.75. The minimum absolute atomic E-state index is 0.0346. The van der Waals surface area contributed by atoms with Crippen molar-refractivity contribution >= 4 is 11.5 Å². The highest BCUT2D eigenvalue weighted by atomic mass is 19.4. The number of para-hydroxylation sites is 1. The topological polar surface area (TPSA) is 47.6 Å². The number of halogens is 6. The fourth-order valence-electron chi connectivity index (χ4n) is 4.40. The summed E-state index contributed by atoms with van der Waals surface area (Å²) in [5.74, 6) is -0.701. The molecule has 4 rings (SSSR count). The molecule has 206 valence electrons. The van der Waals surface area contributed by atoms with Crippen LogP contribution in [0.4, 0.5) is 26.3 Å². The first-order valence-electron chi connectivity index (χ1n) is 12.1. The van der Waals surface area contributed by atoms with E-state index in [9.17, 15) is 18.0 Å². The van der Waals surface area contributed by atoms with Gasteiger partial charge in [-0.25, -0.2) is 0 Å². The molecule has 2 unspecified atom stereocenters. The Morgan fingerprint density at radius 2 is 1.49 bits per heavy atom. The lowest BCUT2D eigenvalue weighted by Crippen LogP contribution is -2.66. The maximum atomic E-state index is 15.2. The molecule has 1 heterocycles. The maximum absolute atomic E-state index is 15.2. The fourth-order valence-corrected chi connectivity index (χ4v) is 4.40. The van der Waals surface area contributed by atoms with Crippen molar-refractivity contribution in [3.05, 3.63) is 102 Å². The quantitative estimate of drug-likeness (QED) is 0.240. The molecule has 0 spiro atoms. The summed E-state index contributed by atoms with van der Waals surface area (Å²) in [7, 11) is 0. The molecule has 39 heavy (non-hydrogen) atoms. The number of nitrogens with one attached hydrogen (secondary N) is 1. The molecule has 0 saturated carbocycles. The molecule has 0 radical (unpaired) electrons. The zero-order valence-electron chi connectivity index (χ0n) is 20.8. The van der Waals surface area contributed by atoms with Crippen LogP contribution in [0.25, 0.3) is 5.57 Å². The molecule has 0 bridgehead atoms. The minimum atomic E-state index is -5.03. The van der Waals surface area contributed by atoms with Crippen molar-refractivity contribution in [3.63, 3.8) is 0 Å². The molecule has 1 aliphatic rings. The number of carbonyl (C=O) groups excluding carboxylic acids is 1. The van der Waals surface area contributed by atoms with Crippen LogP contribution in [0.15, 0.2) is 84.9 Å². The summed E-state index contributed by atoms with van der Waals surface area (Å²) in [6, 6.07) is 19.4. The van der Waals surface area contributed by atoms with E-state index in [0.29, 0.717) is 5.56 Å². The third-order valence-electron chi connectivity index (χ3n) is 6.29. The number of benzene rings is 3. The van der Waals surface area contributed by atoms with Gasteiger partial charge in [0.2, 0.25) is 11.4 Å². The van der Waals surface area contributed by atoms with Crippen molar-refractivity contribution in [2.75, 3.05) is 6.61 Å². The van der Waals surface area contributed by atoms with Crippen molar-refractivity contribution < 1.29 is 40.6 Å². The molecule has 0 fully saturated rings. The first kappa shape index (κ1) is 28.1. The van der Waals surface area contributed by atoms with E-state index in [4.69, 9.17) is 9.47 Å². The van der Waals surface area contributed by atoms with Crippen LogP contribution >= 0.6 is 0 Å². The van der Waals surface area contributed by atoms with Gasteiger partial charge in [0.05, 0.1) is 6.61 Å². The van der Waals surface area contributed by atoms with Crippen molar-refractivity contribution in [2.45, 2.75) is 43.8 Å². The molecule has 4 nitrogen and oxygen atoms in total. The van der Waals surface area contributed by atoms with Crippen LogP contribution < -0.4 is 14.8 Å². The molecule has 1 N–H and O–H groups in total. The lowest BCUT2D eigenvalue weighted by Gasteiger charge is -2.45. The van der Waals surface area contributed by atoms with Gasteiger partial charge in [-0.3, -0.25) is 4.79 Å². The van der Waals surface area contributed by atoms with Gasteiger partial charge in [-0.05, 0) is 48.7 Å². The highest BCUT2D eigenvalue weighted by Crippen LogP contribution is 2.49. The first-order valence-corrected chi connectivity index (χ1v) is 12.1. The van der Waals surface area contributed by atoms with E-state index >= 15 is 13.2 Å². The molecule has 0 aromatic heterocycles. The SMILES string of the molecule is Cc1ccc(C2=CC(=O)NC(c3ccc(OCCCC(F)(F)F)cc3)(C(F)(F)F)C2Oc2ccccc2)cc1. The molecule has 0 saturated heterocycles. The Morgan fingerprint density at radius 3 is 2.08 bits per heavy atom. The molecule has 10 heteroatoms. The average molecular weight is 550 g/mol. The number of rotatable bonds is 8. The summed E-state index contributed by atoms with van der Waals surface area (Å²) >= 11 is 0. The monoisotopic (exact) mass is 549 g/mol. The summed E-state index contributed by atoms with van der Waals surface area (Å²) in [6.45, 7) is 1.57. The second-order valence-electron chi connectivity index (χ2n) is 9.16. The van der Waals surface area contributed by atoms with Gasteiger partial charge in [0.1, 0.15) is 11.5 Å². The highest BCUT2D eigenvalue weighted by molar-refractivity contribution is 5.99. The average Bonchev–Trinajstić information content (AvgIpc) is 2.88. The van der Waals surface area contributed by atoms with Crippen LogP contribution in [0.3, 0.4) is 0 Å². The molecular formula is C29H25F6NO3. The standard InChI is InChI=1S/C29H25F6NO3/c1-19-8-10-20(11-9-19)24-18-25(37)36-28(29(33,34)35,26(24)39-23-6-3-2-4-7-23)21-12-14-22(15-13-21)38-17-5-16-27(30,31)32/h2-4,6-15,18,26H,5,16-17H2,1H3,(H,36,37). The van der Waals surface area contributed by atoms with Gasteiger partial charge in [-0.1, -0.05) is 60.2 Å². The van der Waals surface area contributed by atoms with Crippen LogP contribution in [-0.4, -0.2) is 31.0 Å². The van der Waals surface area contributed by atoms with Crippen molar-refractivity contribution in [1.29, 1.82) is 0 Å². The summed E-state index contributed by atoms with van der Waals surface area (Å²) in [4.78, 5) is 12.8. The Hall–Kier alpha value is -3.95. The predicted molar refractivity (Wildman–Crippen MR) is 133 cm³/mol. The zero-order valence-corrected chi connectivity index (χ0v) is 20.8. The van der Waals surface area contributed by atoms with E-state index in [0.717, 1.165) is 23.8 Å². The lowest BCUT2D eigenvalue weighted by molar-refractivity contribution is -0.219. The maximum Gasteiger partial charge on any atom is 0.419 e. The van der Waals surface area contributed by atoms with Gasteiger partial charge < -0.3 is 14.8 Å². The Balaban J connectivity index is 1.76. The minimum Gasteiger partial charge on any atom is -0.494 e. The number of aryl methyl sites for hydroxylation is 1. The molecule has 1 aliphatic heterocycles. The molecular weight excluding hydrogens is 524 g/mol. The number of ether oxygens (including phenoxy) is 2. The first-order chi connectivity index (χ1) is 18.4. The highest BCUT2D eigenvalue weighted by Gasteiger charge is 2.65. The predicted octanol–water partition coefficient (Wildman–Crippen LogP) is 7.13. The summed E-state index contributed by atoms with van der Waals surface area (Å²) in [5, 5.41) is 2.12. The van der Waals surface area contributed by atoms with Crippen LogP contribution in [-0.2, 0) is 10.3 Å². The zero-order chi connectivity index (χ0) is 28.3. The molecule has 1 amide bonds. The normalized spacial score (nSPS) is 19.7.